The average Bonchev–Trinajstić information content (AvgIpc) is 2.67. The predicted octanol–water partition coefficient (Wildman–Crippen LogP) is 3.05. The molecule has 2 rings (SSSR count). The van der Waals surface area contributed by atoms with Gasteiger partial charge >= 0.3 is 5.97 Å². The molecule has 2 aromatic rings. The average molecular weight is 371 g/mol. The quantitative estimate of drug-likeness (QED) is 0.542. The van der Waals surface area contributed by atoms with Crippen molar-refractivity contribution >= 4 is 11.9 Å². The van der Waals surface area contributed by atoms with E-state index in [0.29, 0.717) is 17.9 Å². The second-order valence-corrected chi connectivity index (χ2v) is 5.96. The molecule has 0 radical (unpaired) electrons. The van der Waals surface area contributed by atoms with Crippen LogP contribution in [0, 0.1) is 13.8 Å². The molecule has 0 aliphatic rings. The van der Waals surface area contributed by atoms with Crippen LogP contribution in [-0.2, 0) is 9.53 Å². The van der Waals surface area contributed by atoms with Crippen molar-refractivity contribution in [2.24, 2.45) is 0 Å². The molecule has 0 saturated carbocycles. The Bertz CT molecular complexity index is 771. The summed E-state index contributed by atoms with van der Waals surface area (Å²) in [6.07, 6.45) is 0. The molecule has 0 aromatic heterocycles. The highest BCUT2D eigenvalue weighted by Crippen LogP contribution is 2.17. The highest BCUT2D eigenvalue weighted by atomic mass is 16.6. The van der Waals surface area contributed by atoms with Gasteiger partial charge in [-0.15, -0.1) is 0 Å². The fourth-order valence-electron chi connectivity index (χ4n) is 2.30. The van der Waals surface area contributed by atoms with E-state index in [1.165, 1.54) is 0 Å². The third-order valence-electron chi connectivity index (χ3n) is 3.91. The van der Waals surface area contributed by atoms with Gasteiger partial charge in [0.25, 0.3) is 5.91 Å². The van der Waals surface area contributed by atoms with E-state index < -0.39 is 5.97 Å². The van der Waals surface area contributed by atoms with Crippen LogP contribution in [0.1, 0.15) is 28.4 Å². The van der Waals surface area contributed by atoms with E-state index in [1.54, 1.807) is 24.3 Å². The maximum absolute atomic E-state index is 12.0. The van der Waals surface area contributed by atoms with Gasteiger partial charge < -0.3 is 19.5 Å². The van der Waals surface area contributed by atoms with Crippen molar-refractivity contribution in [3.63, 3.8) is 0 Å². The van der Waals surface area contributed by atoms with Crippen LogP contribution in [0.15, 0.2) is 42.5 Å². The van der Waals surface area contributed by atoms with Gasteiger partial charge in [-0.25, -0.2) is 0 Å². The van der Waals surface area contributed by atoms with Gasteiger partial charge in [-0.2, -0.15) is 0 Å². The standard InChI is InChI=1S/C21H25NO5/c1-4-25-18-7-9-19(10-8-18)26-11-12-27-20(23)14-22-21(24)17-6-5-15(2)16(3)13-17/h5-10,13H,4,11-12,14H2,1-3H3,(H,22,24). The van der Waals surface area contributed by atoms with Crippen molar-refractivity contribution < 1.29 is 23.8 Å². The Morgan fingerprint density at radius 3 is 2.19 bits per heavy atom. The van der Waals surface area contributed by atoms with Crippen LogP contribution in [0.5, 0.6) is 11.5 Å². The maximum atomic E-state index is 12.0. The van der Waals surface area contributed by atoms with Gasteiger partial charge in [-0.1, -0.05) is 6.07 Å². The summed E-state index contributed by atoms with van der Waals surface area (Å²) in [5.74, 6) is 0.622. The Morgan fingerprint density at radius 1 is 0.889 bits per heavy atom. The van der Waals surface area contributed by atoms with E-state index in [9.17, 15) is 9.59 Å². The normalized spacial score (nSPS) is 10.2. The lowest BCUT2D eigenvalue weighted by Crippen LogP contribution is -2.31. The first-order valence-electron chi connectivity index (χ1n) is 8.86. The molecule has 0 unspecified atom stereocenters. The number of carbonyl (C=O) groups is 2. The minimum atomic E-state index is -0.512. The van der Waals surface area contributed by atoms with Crippen LogP contribution >= 0.6 is 0 Å². The topological polar surface area (TPSA) is 73.9 Å². The van der Waals surface area contributed by atoms with E-state index >= 15 is 0 Å². The highest BCUT2D eigenvalue weighted by Gasteiger charge is 2.09. The molecule has 144 valence electrons. The summed E-state index contributed by atoms with van der Waals surface area (Å²) in [6, 6.07) is 12.6. The molecule has 0 aliphatic carbocycles. The van der Waals surface area contributed by atoms with Crippen LogP contribution in [0.2, 0.25) is 0 Å². The fourth-order valence-corrected chi connectivity index (χ4v) is 2.30. The third-order valence-corrected chi connectivity index (χ3v) is 3.91. The predicted molar refractivity (Wildman–Crippen MR) is 102 cm³/mol. The lowest BCUT2D eigenvalue weighted by molar-refractivity contribution is -0.143. The number of hydrogen-bond acceptors (Lipinski definition) is 5. The van der Waals surface area contributed by atoms with Gasteiger partial charge in [0.15, 0.2) is 0 Å². The zero-order valence-electron chi connectivity index (χ0n) is 15.9. The SMILES string of the molecule is CCOc1ccc(OCCOC(=O)CNC(=O)c2ccc(C)c(C)c2)cc1. The van der Waals surface area contributed by atoms with E-state index in [0.717, 1.165) is 16.9 Å². The second kappa shape index (κ2) is 10.2. The summed E-state index contributed by atoms with van der Waals surface area (Å²) in [5, 5.41) is 2.55. The van der Waals surface area contributed by atoms with E-state index in [1.807, 2.05) is 39.0 Å². The van der Waals surface area contributed by atoms with Crippen molar-refractivity contribution in [2.45, 2.75) is 20.8 Å². The summed E-state index contributed by atoms with van der Waals surface area (Å²) in [5.41, 5.74) is 2.65. The molecular formula is C21H25NO5. The van der Waals surface area contributed by atoms with Crippen LogP contribution < -0.4 is 14.8 Å². The Morgan fingerprint density at radius 2 is 1.56 bits per heavy atom. The largest absolute Gasteiger partial charge is 0.494 e. The number of nitrogens with one attached hydrogen (secondary N) is 1. The van der Waals surface area contributed by atoms with Gasteiger partial charge in [0.05, 0.1) is 6.61 Å². The Labute approximate surface area is 159 Å². The maximum Gasteiger partial charge on any atom is 0.325 e. The molecule has 2 aromatic carbocycles. The summed E-state index contributed by atoms with van der Waals surface area (Å²) in [4.78, 5) is 23.8. The highest BCUT2D eigenvalue weighted by molar-refractivity contribution is 5.96. The Balaban J connectivity index is 1.65. The zero-order valence-corrected chi connectivity index (χ0v) is 15.9. The van der Waals surface area contributed by atoms with Crippen LogP contribution in [0.25, 0.3) is 0 Å². The summed E-state index contributed by atoms with van der Waals surface area (Å²) in [7, 11) is 0. The van der Waals surface area contributed by atoms with E-state index in [2.05, 4.69) is 5.32 Å². The summed E-state index contributed by atoms with van der Waals surface area (Å²) >= 11 is 0. The smallest absolute Gasteiger partial charge is 0.325 e. The first-order chi connectivity index (χ1) is 13.0. The molecule has 0 aliphatic heterocycles. The molecule has 0 fully saturated rings. The molecular weight excluding hydrogens is 346 g/mol. The van der Waals surface area contributed by atoms with Gasteiger partial charge in [-0.05, 0) is 68.3 Å². The van der Waals surface area contributed by atoms with Gasteiger partial charge in [0, 0.05) is 5.56 Å². The van der Waals surface area contributed by atoms with Crippen LogP contribution in [-0.4, -0.2) is 38.2 Å². The van der Waals surface area contributed by atoms with Crippen molar-refractivity contribution in [3.05, 3.63) is 59.2 Å². The number of ether oxygens (including phenoxy) is 3. The van der Waals surface area contributed by atoms with Crippen molar-refractivity contribution in [1.82, 2.24) is 5.32 Å². The molecule has 0 atom stereocenters. The lowest BCUT2D eigenvalue weighted by Gasteiger charge is -2.09. The second-order valence-electron chi connectivity index (χ2n) is 5.96. The lowest BCUT2D eigenvalue weighted by atomic mass is 10.1. The molecule has 0 bridgehead atoms. The molecule has 0 heterocycles. The molecule has 6 heteroatoms. The van der Waals surface area contributed by atoms with Crippen molar-refractivity contribution in [1.29, 1.82) is 0 Å². The molecule has 6 nitrogen and oxygen atoms in total. The molecule has 0 saturated heterocycles. The van der Waals surface area contributed by atoms with Crippen molar-refractivity contribution in [2.75, 3.05) is 26.4 Å². The summed E-state index contributed by atoms with van der Waals surface area (Å²) in [6.45, 7) is 6.58. The van der Waals surface area contributed by atoms with Crippen LogP contribution in [0.3, 0.4) is 0 Å². The molecule has 0 spiro atoms. The number of aryl methyl sites for hydroxylation is 2. The minimum Gasteiger partial charge on any atom is -0.494 e. The number of esters is 1. The zero-order chi connectivity index (χ0) is 19.6. The minimum absolute atomic E-state index is 0.103. The van der Waals surface area contributed by atoms with Crippen molar-refractivity contribution in [3.8, 4) is 11.5 Å². The van der Waals surface area contributed by atoms with Gasteiger partial charge in [-0.3, -0.25) is 9.59 Å². The first-order valence-corrected chi connectivity index (χ1v) is 8.86. The van der Waals surface area contributed by atoms with E-state index in [4.69, 9.17) is 14.2 Å². The summed E-state index contributed by atoms with van der Waals surface area (Å²) < 4.78 is 15.9. The number of benzene rings is 2. The molecule has 1 N–H and O–H groups in total. The van der Waals surface area contributed by atoms with Gasteiger partial charge in [0.2, 0.25) is 0 Å². The molecule has 27 heavy (non-hydrogen) atoms. The van der Waals surface area contributed by atoms with Crippen LogP contribution in [0.4, 0.5) is 0 Å². The number of hydrogen-bond donors (Lipinski definition) is 1. The van der Waals surface area contributed by atoms with E-state index in [-0.39, 0.29) is 25.7 Å². The molecule has 1 amide bonds. The Hall–Kier alpha value is -3.02. The number of carbonyl (C=O) groups excluding carboxylic acids is 2. The van der Waals surface area contributed by atoms with Gasteiger partial charge in [0.1, 0.15) is 31.3 Å². The first kappa shape index (κ1) is 20.3. The Kier molecular flexibility index (Phi) is 7.67. The third kappa shape index (κ3) is 6.66. The number of amides is 1. The monoisotopic (exact) mass is 371 g/mol. The number of rotatable bonds is 9. The fraction of sp³-hybridized carbons (Fsp3) is 0.333.